The second-order valence-corrected chi connectivity index (χ2v) is 4.88. The van der Waals surface area contributed by atoms with Crippen molar-refractivity contribution in [3.63, 3.8) is 0 Å². The van der Waals surface area contributed by atoms with E-state index in [-0.39, 0.29) is 5.79 Å². The zero-order valence-electron chi connectivity index (χ0n) is 10.7. The van der Waals surface area contributed by atoms with E-state index < -0.39 is 0 Å². The maximum atomic E-state index is 5.75. The Hall–Kier alpha value is -0.980. The maximum absolute atomic E-state index is 5.75. The van der Waals surface area contributed by atoms with E-state index in [1.807, 2.05) is 6.92 Å². The van der Waals surface area contributed by atoms with Crippen LogP contribution in [0.1, 0.15) is 31.5 Å². The van der Waals surface area contributed by atoms with Crippen molar-refractivity contribution in [2.24, 2.45) is 0 Å². The van der Waals surface area contributed by atoms with Crippen LogP contribution in [0.4, 0.5) is 0 Å². The number of nitrogens with zero attached hydrogens (tertiary/aromatic N) is 3. The van der Waals surface area contributed by atoms with Crippen LogP contribution in [0, 0.1) is 0 Å². The van der Waals surface area contributed by atoms with Crippen LogP contribution in [-0.4, -0.2) is 47.1 Å². The van der Waals surface area contributed by atoms with Gasteiger partial charge in [0.05, 0.1) is 26.3 Å². The Morgan fingerprint density at radius 2 is 2.17 bits per heavy atom. The molecule has 18 heavy (non-hydrogen) atoms. The molecule has 6 nitrogen and oxygen atoms in total. The van der Waals surface area contributed by atoms with E-state index in [9.17, 15) is 0 Å². The van der Waals surface area contributed by atoms with Crippen LogP contribution in [0.5, 0.6) is 0 Å². The Kier molecular flexibility index (Phi) is 3.32. The highest BCUT2D eigenvalue weighted by Crippen LogP contribution is 2.30. The Morgan fingerprint density at radius 3 is 2.89 bits per heavy atom. The summed E-state index contributed by atoms with van der Waals surface area (Å²) in [5.41, 5.74) is 0. The van der Waals surface area contributed by atoms with E-state index in [1.165, 1.54) is 0 Å². The Labute approximate surface area is 106 Å². The van der Waals surface area contributed by atoms with Crippen LogP contribution in [0.25, 0.3) is 0 Å². The summed E-state index contributed by atoms with van der Waals surface area (Å²) in [4.78, 5) is 6.61. The second-order valence-electron chi connectivity index (χ2n) is 4.88. The van der Waals surface area contributed by atoms with E-state index in [0.29, 0.717) is 25.6 Å². The van der Waals surface area contributed by atoms with Gasteiger partial charge in [-0.15, -0.1) is 0 Å². The van der Waals surface area contributed by atoms with Crippen LogP contribution in [0.3, 0.4) is 0 Å². The maximum Gasteiger partial charge on any atom is 0.226 e. The van der Waals surface area contributed by atoms with Crippen molar-refractivity contribution in [3.05, 3.63) is 11.7 Å². The molecule has 0 aromatic carbocycles. The third-order valence-corrected chi connectivity index (χ3v) is 3.49. The molecule has 6 heteroatoms. The third kappa shape index (κ3) is 2.41. The second kappa shape index (κ2) is 4.95. The first-order valence-electron chi connectivity index (χ1n) is 6.61. The van der Waals surface area contributed by atoms with Gasteiger partial charge in [0.2, 0.25) is 5.89 Å². The molecule has 0 N–H and O–H groups in total. The number of aromatic nitrogens is 2. The normalized spacial score (nSPS) is 23.8. The first-order chi connectivity index (χ1) is 8.80. The smallest absolute Gasteiger partial charge is 0.226 e. The number of rotatable bonds is 3. The molecule has 100 valence electrons. The van der Waals surface area contributed by atoms with Crippen LogP contribution in [-0.2, 0) is 22.4 Å². The molecule has 0 saturated carbocycles. The molecule has 1 spiro atoms. The van der Waals surface area contributed by atoms with E-state index >= 15 is 0 Å². The summed E-state index contributed by atoms with van der Waals surface area (Å²) in [6, 6.07) is 0. The summed E-state index contributed by atoms with van der Waals surface area (Å²) in [5, 5.41) is 3.99. The molecule has 0 radical (unpaired) electrons. The molecular weight excluding hydrogens is 234 g/mol. The van der Waals surface area contributed by atoms with Crippen molar-refractivity contribution in [3.8, 4) is 0 Å². The number of ether oxygens (including phenoxy) is 2. The third-order valence-electron chi connectivity index (χ3n) is 3.49. The van der Waals surface area contributed by atoms with Crippen molar-refractivity contribution in [2.45, 2.75) is 38.5 Å². The van der Waals surface area contributed by atoms with Gasteiger partial charge in [0, 0.05) is 12.8 Å². The predicted molar refractivity (Wildman–Crippen MR) is 62.8 cm³/mol. The molecule has 0 atom stereocenters. The van der Waals surface area contributed by atoms with Gasteiger partial charge in [-0.25, -0.2) is 0 Å². The summed E-state index contributed by atoms with van der Waals surface area (Å²) in [6.45, 7) is 5.95. The molecule has 2 fully saturated rings. The summed E-state index contributed by atoms with van der Waals surface area (Å²) in [7, 11) is 0. The number of hydrogen-bond donors (Lipinski definition) is 0. The highest BCUT2D eigenvalue weighted by Gasteiger charge is 2.40. The fraction of sp³-hybridized carbons (Fsp3) is 0.833. The standard InChI is InChI=1S/C12H19N3O3/c1-2-11-13-10(14-18-11)8-15-5-3-4-12(9-15)16-6-7-17-12/h2-9H2,1H3. The average molecular weight is 253 g/mol. The molecule has 3 rings (SSSR count). The predicted octanol–water partition coefficient (Wildman–Crippen LogP) is 0.971. The highest BCUT2D eigenvalue weighted by atomic mass is 16.7. The lowest BCUT2D eigenvalue weighted by molar-refractivity contribution is -0.190. The number of likely N-dealkylation sites (tertiary alicyclic amines) is 1. The quantitative estimate of drug-likeness (QED) is 0.800. The highest BCUT2D eigenvalue weighted by molar-refractivity contribution is 4.90. The van der Waals surface area contributed by atoms with Crippen molar-refractivity contribution in [1.29, 1.82) is 0 Å². The van der Waals surface area contributed by atoms with Gasteiger partial charge in [0.15, 0.2) is 11.6 Å². The molecular formula is C12H19N3O3. The first kappa shape index (κ1) is 12.1. The van der Waals surface area contributed by atoms with Gasteiger partial charge in [-0.2, -0.15) is 4.98 Å². The molecule has 0 unspecified atom stereocenters. The topological polar surface area (TPSA) is 60.6 Å². The number of piperidine rings is 1. The number of aryl methyl sites for hydroxylation is 1. The fourth-order valence-corrected chi connectivity index (χ4v) is 2.64. The SMILES string of the molecule is CCc1nc(CN2CCCC3(C2)OCCO3)no1. The minimum absolute atomic E-state index is 0.379. The Morgan fingerprint density at radius 1 is 1.33 bits per heavy atom. The molecule has 2 aliphatic heterocycles. The molecule has 0 aliphatic carbocycles. The lowest BCUT2D eigenvalue weighted by Gasteiger charge is -2.37. The summed E-state index contributed by atoms with van der Waals surface area (Å²) >= 11 is 0. The number of hydrogen-bond acceptors (Lipinski definition) is 6. The molecule has 2 aliphatic rings. The van der Waals surface area contributed by atoms with Gasteiger partial charge in [-0.1, -0.05) is 12.1 Å². The van der Waals surface area contributed by atoms with Gasteiger partial charge < -0.3 is 14.0 Å². The van der Waals surface area contributed by atoms with Gasteiger partial charge in [0.1, 0.15) is 0 Å². The van der Waals surface area contributed by atoms with E-state index in [0.717, 1.165) is 38.2 Å². The van der Waals surface area contributed by atoms with Gasteiger partial charge in [-0.3, -0.25) is 4.90 Å². The van der Waals surface area contributed by atoms with Gasteiger partial charge in [-0.05, 0) is 13.0 Å². The van der Waals surface area contributed by atoms with E-state index in [1.54, 1.807) is 0 Å². The molecule has 0 amide bonds. The molecule has 0 bridgehead atoms. The van der Waals surface area contributed by atoms with Crippen LogP contribution in [0.15, 0.2) is 4.52 Å². The Balaban J connectivity index is 1.62. The minimum Gasteiger partial charge on any atom is -0.346 e. The zero-order chi connectivity index (χ0) is 12.4. The van der Waals surface area contributed by atoms with E-state index in [4.69, 9.17) is 14.0 Å². The minimum atomic E-state index is -0.379. The van der Waals surface area contributed by atoms with Crippen LogP contribution >= 0.6 is 0 Å². The lowest BCUT2D eigenvalue weighted by atomic mass is 10.0. The zero-order valence-corrected chi connectivity index (χ0v) is 10.7. The molecule has 3 heterocycles. The van der Waals surface area contributed by atoms with Gasteiger partial charge >= 0.3 is 0 Å². The largest absolute Gasteiger partial charge is 0.346 e. The summed E-state index contributed by atoms with van der Waals surface area (Å²) in [5.74, 6) is 1.07. The van der Waals surface area contributed by atoms with Crippen molar-refractivity contribution in [2.75, 3.05) is 26.3 Å². The van der Waals surface area contributed by atoms with Gasteiger partial charge in [0.25, 0.3) is 0 Å². The van der Waals surface area contributed by atoms with Crippen molar-refractivity contribution < 1.29 is 14.0 Å². The lowest BCUT2D eigenvalue weighted by Crippen LogP contribution is -2.48. The monoisotopic (exact) mass is 253 g/mol. The summed E-state index contributed by atoms with van der Waals surface area (Å²) < 4.78 is 16.6. The molecule has 1 aromatic heterocycles. The molecule has 1 aromatic rings. The molecule has 2 saturated heterocycles. The van der Waals surface area contributed by atoms with Crippen LogP contribution < -0.4 is 0 Å². The first-order valence-corrected chi connectivity index (χ1v) is 6.61. The van der Waals surface area contributed by atoms with Crippen molar-refractivity contribution in [1.82, 2.24) is 15.0 Å². The van der Waals surface area contributed by atoms with Crippen LogP contribution in [0.2, 0.25) is 0 Å². The average Bonchev–Trinajstić information content (AvgIpc) is 2.99. The fourth-order valence-electron chi connectivity index (χ4n) is 2.64. The van der Waals surface area contributed by atoms with Crippen molar-refractivity contribution >= 4 is 0 Å². The van der Waals surface area contributed by atoms with E-state index in [2.05, 4.69) is 15.0 Å². The summed E-state index contributed by atoms with van der Waals surface area (Å²) in [6.07, 6.45) is 2.84. The Bertz CT molecular complexity index is 401.